The van der Waals surface area contributed by atoms with Crippen LogP contribution in [0.1, 0.15) is 79.8 Å². The fourth-order valence-electron chi connectivity index (χ4n) is 4.49. The van der Waals surface area contributed by atoms with E-state index in [0.29, 0.717) is 9.65 Å². The van der Waals surface area contributed by atoms with Crippen molar-refractivity contribution in [1.29, 1.82) is 0 Å². The lowest BCUT2D eigenvalue weighted by atomic mass is 9.95. The Kier molecular flexibility index (Phi) is 9.91. The molecule has 2 unspecified atom stereocenters. The van der Waals surface area contributed by atoms with Gasteiger partial charge in [0.1, 0.15) is 0 Å². The number of rotatable bonds is 10. The van der Waals surface area contributed by atoms with Crippen LogP contribution in [0.5, 0.6) is 0 Å². The van der Waals surface area contributed by atoms with Gasteiger partial charge in [-0.1, -0.05) is 67.3 Å². The van der Waals surface area contributed by atoms with Crippen molar-refractivity contribution in [3.63, 3.8) is 0 Å². The van der Waals surface area contributed by atoms with Crippen LogP contribution in [-0.2, 0) is 4.74 Å². The second-order valence-corrected chi connectivity index (χ2v) is 10.7. The summed E-state index contributed by atoms with van der Waals surface area (Å²) in [4.78, 5) is 0.817. The van der Waals surface area contributed by atoms with Crippen molar-refractivity contribution in [3.8, 4) is 0 Å². The minimum atomic E-state index is 0.408. The van der Waals surface area contributed by atoms with Crippen LogP contribution in [0.4, 0.5) is 0 Å². The molecule has 29 heavy (non-hydrogen) atoms. The molecular formula is C26H36Br2O. The van der Waals surface area contributed by atoms with E-state index in [4.69, 9.17) is 4.74 Å². The molecule has 2 rings (SSSR count). The maximum atomic E-state index is 5.92. The molecule has 3 heteroatoms. The maximum Gasteiger partial charge on any atom is 0.0466 e. The van der Waals surface area contributed by atoms with Crippen molar-refractivity contribution in [2.24, 2.45) is 0 Å². The van der Waals surface area contributed by atoms with Crippen LogP contribution in [0, 0.1) is 41.5 Å². The van der Waals surface area contributed by atoms with Gasteiger partial charge in [0, 0.05) is 22.9 Å². The standard InChI is InChI=1S/C26H36Br2O/c1-17-13-19(3)25(20(4)14-17)23(27)9-7-11-29-12-8-10-24(28)26-21(5)15-18(2)16-22(26)6/h13-16,23-24H,7-12H2,1-6H3. The third kappa shape index (κ3) is 7.22. The fourth-order valence-corrected chi connectivity index (χ4v) is 6.58. The van der Waals surface area contributed by atoms with Gasteiger partial charge >= 0.3 is 0 Å². The summed E-state index contributed by atoms with van der Waals surface area (Å²) >= 11 is 7.79. The van der Waals surface area contributed by atoms with Gasteiger partial charge < -0.3 is 4.74 Å². The first-order valence-electron chi connectivity index (χ1n) is 10.7. The van der Waals surface area contributed by atoms with Crippen molar-refractivity contribution in [1.82, 2.24) is 0 Å². The van der Waals surface area contributed by atoms with Crippen LogP contribution in [-0.4, -0.2) is 13.2 Å². The first-order valence-corrected chi connectivity index (χ1v) is 12.5. The van der Waals surface area contributed by atoms with Crippen molar-refractivity contribution < 1.29 is 4.74 Å². The van der Waals surface area contributed by atoms with Gasteiger partial charge in [0.25, 0.3) is 0 Å². The Balaban J connectivity index is 1.69. The summed E-state index contributed by atoms with van der Waals surface area (Å²) in [6.45, 7) is 14.9. The van der Waals surface area contributed by atoms with Gasteiger partial charge in [0.2, 0.25) is 0 Å². The molecule has 0 saturated heterocycles. The summed E-state index contributed by atoms with van der Waals surface area (Å²) in [5.41, 5.74) is 11.1. The van der Waals surface area contributed by atoms with Crippen molar-refractivity contribution in [2.45, 2.75) is 76.9 Å². The Labute approximate surface area is 194 Å². The zero-order chi connectivity index (χ0) is 21.6. The second-order valence-electron chi connectivity index (χ2n) is 8.46. The molecule has 0 N–H and O–H groups in total. The molecular weight excluding hydrogens is 488 g/mol. The van der Waals surface area contributed by atoms with Crippen LogP contribution in [0.25, 0.3) is 0 Å². The van der Waals surface area contributed by atoms with Gasteiger partial charge in [-0.15, -0.1) is 0 Å². The Morgan fingerprint density at radius 3 is 1.24 bits per heavy atom. The van der Waals surface area contributed by atoms with Crippen LogP contribution < -0.4 is 0 Å². The number of ether oxygens (including phenoxy) is 1. The van der Waals surface area contributed by atoms with E-state index in [0.717, 1.165) is 38.9 Å². The van der Waals surface area contributed by atoms with Crippen molar-refractivity contribution in [3.05, 3.63) is 68.8 Å². The van der Waals surface area contributed by atoms with Gasteiger partial charge in [-0.05, 0) is 101 Å². The molecule has 160 valence electrons. The minimum Gasteiger partial charge on any atom is -0.381 e. The highest BCUT2D eigenvalue weighted by molar-refractivity contribution is 9.09. The summed E-state index contributed by atoms with van der Waals surface area (Å²) in [5, 5.41) is 0. The molecule has 2 atom stereocenters. The van der Waals surface area contributed by atoms with Gasteiger partial charge in [0.05, 0.1) is 0 Å². The fraction of sp³-hybridized carbons (Fsp3) is 0.538. The van der Waals surface area contributed by atoms with E-state index in [1.807, 2.05) is 0 Å². The molecule has 2 aromatic rings. The number of aryl methyl sites for hydroxylation is 6. The Bertz CT molecular complexity index is 699. The number of halogens is 2. The predicted octanol–water partition coefficient (Wildman–Crippen LogP) is 8.69. The summed E-state index contributed by atoms with van der Waals surface area (Å²) in [7, 11) is 0. The molecule has 0 bridgehead atoms. The summed E-state index contributed by atoms with van der Waals surface area (Å²) in [6, 6.07) is 9.12. The number of hydrogen-bond donors (Lipinski definition) is 0. The molecule has 2 aromatic carbocycles. The molecule has 0 saturated carbocycles. The smallest absolute Gasteiger partial charge is 0.0466 e. The molecule has 0 aromatic heterocycles. The first kappa shape index (κ1) is 24.6. The average Bonchev–Trinajstić information content (AvgIpc) is 2.59. The van der Waals surface area contributed by atoms with Crippen LogP contribution in [0.3, 0.4) is 0 Å². The van der Waals surface area contributed by atoms with E-state index in [1.165, 1.54) is 44.5 Å². The quantitative estimate of drug-likeness (QED) is 0.223. The van der Waals surface area contributed by atoms with Crippen LogP contribution in [0.2, 0.25) is 0 Å². The Hall–Kier alpha value is -0.640. The molecule has 0 radical (unpaired) electrons. The highest BCUT2D eigenvalue weighted by Crippen LogP contribution is 2.34. The third-order valence-corrected chi connectivity index (χ3v) is 7.43. The minimum absolute atomic E-state index is 0.408. The zero-order valence-corrected chi connectivity index (χ0v) is 22.0. The van der Waals surface area contributed by atoms with E-state index in [-0.39, 0.29) is 0 Å². The summed E-state index contributed by atoms with van der Waals surface area (Å²) < 4.78 is 5.92. The summed E-state index contributed by atoms with van der Waals surface area (Å²) in [5.74, 6) is 0. The highest BCUT2D eigenvalue weighted by atomic mass is 79.9. The lowest BCUT2D eigenvalue weighted by Gasteiger charge is -2.18. The normalized spacial score (nSPS) is 13.5. The largest absolute Gasteiger partial charge is 0.381 e. The third-order valence-electron chi connectivity index (χ3n) is 5.60. The topological polar surface area (TPSA) is 9.23 Å². The molecule has 0 aliphatic heterocycles. The lowest BCUT2D eigenvalue weighted by molar-refractivity contribution is 0.126. The molecule has 1 nitrogen and oxygen atoms in total. The molecule has 0 heterocycles. The first-order chi connectivity index (χ1) is 13.7. The van der Waals surface area contributed by atoms with E-state index in [2.05, 4.69) is 97.7 Å². The van der Waals surface area contributed by atoms with Gasteiger partial charge in [-0.2, -0.15) is 0 Å². The predicted molar refractivity (Wildman–Crippen MR) is 134 cm³/mol. The number of alkyl halides is 2. The maximum absolute atomic E-state index is 5.92. The molecule has 0 spiro atoms. The number of hydrogen-bond acceptors (Lipinski definition) is 1. The van der Waals surface area contributed by atoms with Crippen molar-refractivity contribution in [2.75, 3.05) is 13.2 Å². The summed E-state index contributed by atoms with van der Waals surface area (Å²) in [6.07, 6.45) is 4.37. The molecule has 0 amide bonds. The van der Waals surface area contributed by atoms with Crippen LogP contribution in [0.15, 0.2) is 24.3 Å². The van der Waals surface area contributed by atoms with Crippen LogP contribution >= 0.6 is 31.9 Å². The van der Waals surface area contributed by atoms with Gasteiger partial charge in [-0.25, -0.2) is 0 Å². The van der Waals surface area contributed by atoms with Crippen molar-refractivity contribution >= 4 is 31.9 Å². The van der Waals surface area contributed by atoms with E-state index in [9.17, 15) is 0 Å². The molecule has 0 aliphatic rings. The monoisotopic (exact) mass is 522 g/mol. The van der Waals surface area contributed by atoms with E-state index < -0.39 is 0 Å². The van der Waals surface area contributed by atoms with Gasteiger partial charge in [0.15, 0.2) is 0 Å². The molecule has 0 aliphatic carbocycles. The van der Waals surface area contributed by atoms with Gasteiger partial charge in [-0.3, -0.25) is 0 Å². The average molecular weight is 524 g/mol. The lowest BCUT2D eigenvalue weighted by Crippen LogP contribution is -2.03. The Morgan fingerprint density at radius 1 is 0.621 bits per heavy atom. The Morgan fingerprint density at radius 2 is 0.931 bits per heavy atom. The zero-order valence-electron chi connectivity index (χ0n) is 18.9. The second kappa shape index (κ2) is 11.7. The van der Waals surface area contributed by atoms with E-state index >= 15 is 0 Å². The molecule has 0 fully saturated rings. The van der Waals surface area contributed by atoms with E-state index in [1.54, 1.807) is 0 Å². The number of benzene rings is 2. The SMILES string of the molecule is Cc1cc(C)c(C(Br)CCCOCCCC(Br)c2c(C)cc(C)cc2C)c(C)c1. The highest BCUT2D eigenvalue weighted by Gasteiger charge is 2.15.